The van der Waals surface area contributed by atoms with E-state index in [2.05, 4.69) is 22.9 Å². The Morgan fingerprint density at radius 2 is 1.91 bits per heavy atom. The van der Waals surface area contributed by atoms with Crippen LogP contribution in [0.5, 0.6) is 5.75 Å². The molecule has 0 aromatic heterocycles. The molecule has 2 nitrogen and oxygen atoms in total. The summed E-state index contributed by atoms with van der Waals surface area (Å²) in [5.74, 6) is 0.187. The number of alkyl halides is 1. The molecule has 1 atom stereocenters. The fourth-order valence-electron chi connectivity index (χ4n) is 2.01. The van der Waals surface area contributed by atoms with E-state index in [1.807, 2.05) is 18.2 Å². The first-order valence-corrected chi connectivity index (χ1v) is 8.59. The molecule has 2 aromatic carbocycles. The molecule has 22 heavy (non-hydrogen) atoms. The number of halogens is 3. The number of carbonyl (C=O) groups excluding carboxylic acids is 1. The third-order valence-corrected chi connectivity index (χ3v) is 4.19. The van der Waals surface area contributed by atoms with Crippen LogP contribution in [0.15, 0.2) is 42.5 Å². The molecule has 0 aliphatic carbocycles. The molecule has 0 saturated heterocycles. The van der Waals surface area contributed by atoms with E-state index < -0.39 is 0 Å². The van der Waals surface area contributed by atoms with E-state index in [4.69, 9.17) is 27.9 Å². The predicted octanol–water partition coefficient (Wildman–Crippen LogP) is 6.12. The molecule has 0 radical (unpaired) electrons. The van der Waals surface area contributed by atoms with E-state index in [1.54, 1.807) is 24.3 Å². The van der Waals surface area contributed by atoms with Crippen LogP contribution in [0.25, 0.3) is 0 Å². The average molecular weight is 402 g/mol. The number of hydrogen-bond donors (Lipinski definition) is 0. The Bertz CT molecular complexity index is 659. The largest absolute Gasteiger partial charge is 0.477 e. The summed E-state index contributed by atoms with van der Waals surface area (Å²) in [4.78, 5) is 12.7. The van der Waals surface area contributed by atoms with Crippen LogP contribution in [-0.4, -0.2) is 10.8 Å². The highest BCUT2D eigenvalue weighted by Gasteiger charge is 2.20. The zero-order valence-corrected chi connectivity index (χ0v) is 15.1. The van der Waals surface area contributed by atoms with Gasteiger partial charge in [0.15, 0.2) is 16.5 Å². The summed E-state index contributed by atoms with van der Waals surface area (Å²) >= 11 is 15.7. The number of rotatable bonds is 6. The number of ketones is 1. The quantitative estimate of drug-likeness (QED) is 0.430. The van der Waals surface area contributed by atoms with Gasteiger partial charge in [-0.05, 0) is 34.5 Å². The van der Waals surface area contributed by atoms with E-state index in [-0.39, 0.29) is 10.8 Å². The second kappa shape index (κ2) is 8.00. The first-order valence-electron chi connectivity index (χ1n) is 6.92. The van der Waals surface area contributed by atoms with Crippen LogP contribution in [0.2, 0.25) is 10.0 Å². The lowest BCUT2D eigenvalue weighted by atomic mass is 10.0. The van der Waals surface area contributed by atoms with Crippen molar-refractivity contribution >= 4 is 44.9 Å². The smallest absolute Gasteiger partial charge is 0.196 e. The lowest BCUT2D eigenvalue weighted by Gasteiger charge is -2.17. The molecule has 0 fully saturated rings. The molecule has 0 bridgehead atoms. The summed E-state index contributed by atoms with van der Waals surface area (Å²) < 4.78 is 5.82. The van der Waals surface area contributed by atoms with Gasteiger partial charge in [-0.2, -0.15) is 0 Å². The minimum atomic E-state index is -0.210. The third kappa shape index (κ3) is 4.25. The van der Waals surface area contributed by atoms with Gasteiger partial charge in [-0.1, -0.05) is 66.9 Å². The van der Waals surface area contributed by atoms with Gasteiger partial charge >= 0.3 is 0 Å². The second-order valence-electron chi connectivity index (χ2n) is 4.78. The van der Waals surface area contributed by atoms with Crippen LogP contribution < -0.4 is 4.74 Å². The van der Waals surface area contributed by atoms with Crippen molar-refractivity contribution in [1.82, 2.24) is 0 Å². The molecule has 0 amide bonds. The van der Waals surface area contributed by atoms with Crippen LogP contribution in [0.3, 0.4) is 0 Å². The molecule has 5 heteroatoms. The molecule has 0 spiro atoms. The van der Waals surface area contributed by atoms with Gasteiger partial charge in [0.25, 0.3) is 0 Å². The highest BCUT2D eigenvalue weighted by molar-refractivity contribution is 9.09. The minimum absolute atomic E-state index is 0.170. The molecule has 1 unspecified atom stereocenters. The molecule has 0 N–H and O–H groups in total. The summed E-state index contributed by atoms with van der Waals surface area (Å²) in [7, 11) is 0. The Hall–Kier alpha value is -1.03. The normalized spacial score (nSPS) is 12.0. The van der Waals surface area contributed by atoms with Gasteiger partial charge in [0.1, 0.15) is 0 Å². The Morgan fingerprint density at radius 3 is 2.55 bits per heavy atom. The van der Waals surface area contributed by atoms with Gasteiger partial charge in [0, 0.05) is 10.6 Å². The number of hydrogen-bond acceptors (Lipinski definition) is 2. The van der Waals surface area contributed by atoms with Crippen molar-refractivity contribution in [2.45, 2.75) is 24.8 Å². The molecular formula is C17H15BrCl2O2. The third-order valence-electron chi connectivity index (χ3n) is 3.05. The fraction of sp³-hybridized carbons (Fsp3) is 0.235. The summed E-state index contributed by atoms with van der Waals surface area (Å²) in [6.45, 7) is 2.05. The molecule has 2 aromatic rings. The Morgan fingerprint density at radius 1 is 1.23 bits per heavy atom. The first kappa shape index (κ1) is 17.3. The minimum Gasteiger partial charge on any atom is -0.477 e. The molecule has 2 rings (SSSR count). The van der Waals surface area contributed by atoms with E-state index in [0.29, 0.717) is 26.9 Å². The second-order valence-corrected chi connectivity index (χ2v) is 6.64. The van der Waals surface area contributed by atoms with Crippen molar-refractivity contribution in [2.75, 3.05) is 0 Å². The Labute approximate surface area is 148 Å². The Kier molecular flexibility index (Phi) is 6.30. The van der Waals surface area contributed by atoms with Gasteiger partial charge in [-0.15, -0.1) is 0 Å². The average Bonchev–Trinajstić information content (AvgIpc) is 2.50. The lowest BCUT2D eigenvalue weighted by molar-refractivity contribution is 0.103. The van der Waals surface area contributed by atoms with Crippen LogP contribution in [0.1, 0.15) is 35.7 Å². The maximum Gasteiger partial charge on any atom is 0.196 e. The predicted molar refractivity (Wildman–Crippen MR) is 94.6 cm³/mol. The molecule has 0 saturated carbocycles. The van der Waals surface area contributed by atoms with Gasteiger partial charge < -0.3 is 4.74 Å². The number of benzene rings is 2. The number of carbonyl (C=O) groups is 1. The number of ether oxygens (including phenoxy) is 1. The van der Waals surface area contributed by atoms with Gasteiger partial charge in [0.05, 0.1) is 10.6 Å². The van der Waals surface area contributed by atoms with Crippen LogP contribution in [0.4, 0.5) is 0 Å². The zero-order valence-electron chi connectivity index (χ0n) is 12.0. The van der Waals surface area contributed by atoms with Crippen LogP contribution >= 0.6 is 39.1 Å². The summed E-state index contributed by atoms with van der Waals surface area (Å²) in [5, 5.41) is 0.518. The molecule has 0 aliphatic heterocycles. The lowest BCUT2D eigenvalue weighted by Crippen LogP contribution is -2.12. The van der Waals surface area contributed by atoms with E-state index in [9.17, 15) is 4.79 Å². The van der Waals surface area contributed by atoms with Crippen molar-refractivity contribution in [3.8, 4) is 5.75 Å². The van der Waals surface area contributed by atoms with Crippen LogP contribution in [-0.2, 0) is 0 Å². The van der Waals surface area contributed by atoms with E-state index in [1.165, 1.54) is 0 Å². The maximum absolute atomic E-state index is 12.7. The summed E-state index contributed by atoms with van der Waals surface area (Å²) in [6, 6.07) is 12.1. The van der Waals surface area contributed by atoms with Crippen molar-refractivity contribution in [3.63, 3.8) is 0 Å². The molecular weight excluding hydrogens is 387 g/mol. The van der Waals surface area contributed by atoms with E-state index in [0.717, 1.165) is 12.8 Å². The van der Waals surface area contributed by atoms with Gasteiger partial charge in [-0.3, -0.25) is 4.79 Å². The molecule has 0 aliphatic rings. The SMILES string of the molecule is CCCC(Br)Oc1c(Cl)cc(Cl)cc1C(=O)c1ccccc1. The topological polar surface area (TPSA) is 26.3 Å². The highest BCUT2D eigenvalue weighted by atomic mass is 79.9. The van der Waals surface area contributed by atoms with Gasteiger partial charge in [-0.25, -0.2) is 0 Å². The monoisotopic (exact) mass is 400 g/mol. The molecule has 0 heterocycles. The maximum atomic E-state index is 12.7. The van der Waals surface area contributed by atoms with Crippen molar-refractivity contribution in [1.29, 1.82) is 0 Å². The summed E-state index contributed by atoms with van der Waals surface area (Å²) in [6.07, 6.45) is 1.75. The zero-order chi connectivity index (χ0) is 16.1. The molecule has 116 valence electrons. The van der Waals surface area contributed by atoms with Crippen molar-refractivity contribution in [2.24, 2.45) is 0 Å². The fourth-order valence-corrected chi connectivity index (χ4v) is 3.19. The summed E-state index contributed by atoms with van der Waals surface area (Å²) in [5.41, 5.74) is 0.927. The Balaban J connectivity index is 2.43. The van der Waals surface area contributed by atoms with Crippen molar-refractivity contribution < 1.29 is 9.53 Å². The van der Waals surface area contributed by atoms with Crippen molar-refractivity contribution in [3.05, 3.63) is 63.6 Å². The van der Waals surface area contributed by atoms with E-state index >= 15 is 0 Å². The van der Waals surface area contributed by atoms with Crippen LogP contribution in [0, 0.1) is 0 Å². The first-order chi connectivity index (χ1) is 10.5. The standard InChI is InChI=1S/C17H15BrCl2O2/c1-2-6-15(18)22-17-13(9-12(19)10-14(17)20)16(21)11-7-4-3-5-8-11/h3-5,7-10,15H,2,6H2,1H3. The van der Waals surface area contributed by atoms with Gasteiger partial charge in [0.2, 0.25) is 0 Å². The highest BCUT2D eigenvalue weighted by Crippen LogP contribution is 2.35.